The zero-order chi connectivity index (χ0) is 20.3. The molecule has 0 aliphatic carbocycles. The summed E-state index contributed by atoms with van der Waals surface area (Å²) in [6.45, 7) is 10.5. The Bertz CT molecular complexity index is 895. The number of amides is 1. The fraction of sp³-hybridized carbons (Fsp3) is 0.600. The van der Waals surface area contributed by atoms with E-state index in [0.717, 1.165) is 43.7 Å². The van der Waals surface area contributed by atoms with Crippen LogP contribution in [0.25, 0.3) is 11.2 Å². The standard InChI is InChI=1S/C20H29N5O3/c1-14-5-6-16-18(22-14)25(17(26)13-21-16)12-11-24-9-7-15(8-10-24)23-19(27)28-20(2,3)4/h5-6,13,15H,7-12H2,1-4H3,(H,23,27). The summed E-state index contributed by atoms with van der Waals surface area (Å²) in [4.78, 5) is 35.2. The molecule has 1 saturated heterocycles. The van der Waals surface area contributed by atoms with Crippen LogP contribution in [0, 0.1) is 6.92 Å². The Morgan fingerprint density at radius 2 is 1.96 bits per heavy atom. The van der Waals surface area contributed by atoms with Crippen molar-refractivity contribution >= 4 is 17.3 Å². The van der Waals surface area contributed by atoms with Crippen molar-refractivity contribution in [3.05, 3.63) is 34.4 Å². The van der Waals surface area contributed by atoms with Gasteiger partial charge in [0.25, 0.3) is 5.56 Å². The van der Waals surface area contributed by atoms with Gasteiger partial charge in [-0.15, -0.1) is 0 Å². The van der Waals surface area contributed by atoms with Gasteiger partial charge in [0.05, 0.1) is 6.20 Å². The monoisotopic (exact) mass is 387 g/mol. The minimum absolute atomic E-state index is 0.125. The molecule has 3 heterocycles. The number of pyridine rings is 1. The summed E-state index contributed by atoms with van der Waals surface area (Å²) >= 11 is 0. The maximum atomic E-state index is 12.3. The third kappa shape index (κ3) is 5.28. The Hall–Kier alpha value is -2.48. The van der Waals surface area contributed by atoms with Crippen LogP contribution in [0.4, 0.5) is 4.79 Å². The third-order valence-electron chi connectivity index (χ3n) is 4.78. The van der Waals surface area contributed by atoms with Gasteiger partial charge >= 0.3 is 6.09 Å². The Labute approximate surface area is 164 Å². The van der Waals surface area contributed by atoms with E-state index >= 15 is 0 Å². The van der Waals surface area contributed by atoms with Crippen molar-refractivity contribution in [3.8, 4) is 0 Å². The number of aryl methyl sites for hydroxylation is 1. The van der Waals surface area contributed by atoms with Gasteiger partial charge in [0.2, 0.25) is 0 Å². The predicted octanol–water partition coefficient (Wildman–Crippen LogP) is 2.09. The van der Waals surface area contributed by atoms with Crippen LogP contribution in [0.1, 0.15) is 39.3 Å². The number of hydrogen-bond acceptors (Lipinski definition) is 6. The van der Waals surface area contributed by atoms with E-state index < -0.39 is 5.60 Å². The molecule has 1 N–H and O–H groups in total. The molecule has 1 fully saturated rings. The second-order valence-corrected chi connectivity index (χ2v) is 8.31. The van der Waals surface area contributed by atoms with Crippen molar-refractivity contribution in [2.45, 2.75) is 58.7 Å². The Morgan fingerprint density at radius 3 is 2.64 bits per heavy atom. The minimum atomic E-state index is -0.488. The first-order valence-corrected chi connectivity index (χ1v) is 9.76. The topological polar surface area (TPSA) is 89.4 Å². The van der Waals surface area contributed by atoms with Crippen molar-refractivity contribution < 1.29 is 9.53 Å². The van der Waals surface area contributed by atoms with Crippen LogP contribution in [0.3, 0.4) is 0 Å². The largest absolute Gasteiger partial charge is 0.444 e. The average Bonchev–Trinajstić information content (AvgIpc) is 2.60. The van der Waals surface area contributed by atoms with E-state index in [4.69, 9.17) is 4.74 Å². The summed E-state index contributed by atoms with van der Waals surface area (Å²) in [5, 5.41) is 2.95. The summed E-state index contributed by atoms with van der Waals surface area (Å²) in [5.41, 5.74) is 1.60. The lowest BCUT2D eigenvalue weighted by Gasteiger charge is -2.32. The molecule has 0 saturated carbocycles. The molecule has 1 aliphatic rings. The summed E-state index contributed by atoms with van der Waals surface area (Å²) < 4.78 is 7.02. The minimum Gasteiger partial charge on any atom is -0.444 e. The average molecular weight is 387 g/mol. The Kier molecular flexibility index (Phi) is 5.98. The number of likely N-dealkylation sites (tertiary alicyclic amines) is 1. The highest BCUT2D eigenvalue weighted by atomic mass is 16.6. The smallest absolute Gasteiger partial charge is 0.407 e. The molecule has 0 spiro atoms. The first-order chi connectivity index (χ1) is 13.2. The number of aromatic nitrogens is 3. The van der Waals surface area contributed by atoms with Gasteiger partial charge in [-0.1, -0.05) is 0 Å². The maximum absolute atomic E-state index is 12.3. The van der Waals surface area contributed by atoms with Gasteiger partial charge in [-0.2, -0.15) is 0 Å². The highest BCUT2D eigenvalue weighted by molar-refractivity contribution is 5.69. The number of rotatable bonds is 4. The normalized spacial score (nSPS) is 16.3. The van der Waals surface area contributed by atoms with Gasteiger partial charge in [-0.05, 0) is 52.7 Å². The van der Waals surface area contributed by atoms with Gasteiger partial charge in [-0.25, -0.2) is 14.8 Å². The molecule has 0 atom stereocenters. The molecule has 0 aromatic carbocycles. The second-order valence-electron chi connectivity index (χ2n) is 8.31. The fourth-order valence-corrected chi connectivity index (χ4v) is 3.37. The van der Waals surface area contributed by atoms with E-state index in [-0.39, 0.29) is 17.7 Å². The van der Waals surface area contributed by atoms with Crippen molar-refractivity contribution in [3.63, 3.8) is 0 Å². The molecule has 0 bridgehead atoms. The Morgan fingerprint density at radius 1 is 1.25 bits per heavy atom. The number of carbonyl (C=O) groups is 1. The van der Waals surface area contributed by atoms with Crippen LogP contribution in [-0.2, 0) is 11.3 Å². The number of hydrogen-bond donors (Lipinski definition) is 1. The maximum Gasteiger partial charge on any atom is 0.407 e. The van der Waals surface area contributed by atoms with E-state index in [9.17, 15) is 9.59 Å². The van der Waals surface area contributed by atoms with Gasteiger partial charge in [0, 0.05) is 37.9 Å². The van der Waals surface area contributed by atoms with Crippen LogP contribution in [-0.4, -0.2) is 56.8 Å². The van der Waals surface area contributed by atoms with Crippen LogP contribution >= 0.6 is 0 Å². The first-order valence-electron chi connectivity index (χ1n) is 9.76. The number of ether oxygens (including phenoxy) is 1. The molecule has 2 aromatic heterocycles. The van der Waals surface area contributed by atoms with E-state index in [2.05, 4.69) is 20.2 Å². The van der Waals surface area contributed by atoms with Crippen LogP contribution in [0.5, 0.6) is 0 Å². The molecule has 8 nitrogen and oxygen atoms in total. The highest BCUT2D eigenvalue weighted by Gasteiger charge is 2.23. The second kappa shape index (κ2) is 8.26. The molecule has 152 valence electrons. The molecular formula is C20H29N5O3. The lowest BCUT2D eigenvalue weighted by Crippen LogP contribution is -2.46. The fourth-order valence-electron chi connectivity index (χ4n) is 3.37. The molecule has 28 heavy (non-hydrogen) atoms. The summed E-state index contributed by atoms with van der Waals surface area (Å²) in [5.74, 6) is 0. The summed E-state index contributed by atoms with van der Waals surface area (Å²) in [6.07, 6.45) is 2.73. The van der Waals surface area contributed by atoms with Gasteiger partial charge in [0.15, 0.2) is 5.65 Å². The van der Waals surface area contributed by atoms with Crippen molar-refractivity contribution in [1.82, 2.24) is 24.8 Å². The van der Waals surface area contributed by atoms with E-state index in [1.54, 1.807) is 4.57 Å². The van der Waals surface area contributed by atoms with E-state index in [1.165, 1.54) is 6.20 Å². The van der Waals surface area contributed by atoms with E-state index in [1.807, 2.05) is 39.8 Å². The molecule has 1 aliphatic heterocycles. The quantitative estimate of drug-likeness (QED) is 0.864. The molecule has 8 heteroatoms. The van der Waals surface area contributed by atoms with Crippen LogP contribution in [0.2, 0.25) is 0 Å². The van der Waals surface area contributed by atoms with Crippen molar-refractivity contribution in [2.75, 3.05) is 19.6 Å². The molecule has 3 rings (SSSR count). The summed E-state index contributed by atoms with van der Waals surface area (Å²) in [7, 11) is 0. The van der Waals surface area contributed by atoms with E-state index in [0.29, 0.717) is 12.2 Å². The Balaban J connectivity index is 1.54. The van der Waals surface area contributed by atoms with Crippen LogP contribution < -0.4 is 10.9 Å². The van der Waals surface area contributed by atoms with Gasteiger partial charge in [-0.3, -0.25) is 9.36 Å². The molecule has 2 aromatic rings. The van der Waals surface area contributed by atoms with Crippen LogP contribution in [0.15, 0.2) is 23.1 Å². The lowest BCUT2D eigenvalue weighted by atomic mass is 10.1. The highest BCUT2D eigenvalue weighted by Crippen LogP contribution is 2.13. The number of alkyl carbamates (subject to hydrolysis) is 1. The number of fused-ring (bicyclic) bond motifs is 1. The number of piperidine rings is 1. The molecule has 1 amide bonds. The number of nitrogens with one attached hydrogen (secondary N) is 1. The third-order valence-corrected chi connectivity index (χ3v) is 4.78. The predicted molar refractivity (Wildman–Crippen MR) is 107 cm³/mol. The van der Waals surface area contributed by atoms with Crippen molar-refractivity contribution in [2.24, 2.45) is 0 Å². The molecular weight excluding hydrogens is 358 g/mol. The zero-order valence-electron chi connectivity index (χ0n) is 17.1. The zero-order valence-corrected chi connectivity index (χ0v) is 17.1. The molecule has 0 unspecified atom stereocenters. The first kappa shape index (κ1) is 20.3. The lowest BCUT2D eigenvalue weighted by molar-refractivity contribution is 0.0478. The summed E-state index contributed by atoms with van der Waals surface area (Å²) in [6, 6.07) is 3.91. The van der Waals surface area contributed by atoms with Gasteiger partial charge in [0.1, 0.15) is 11.1 Å². The van der Waals surface area contributed by atoms with Gasteiger partial charge < -0.3 is 15.0 Å². The SMILES string of the molecule is Cc1ccc2ncc(=O)n(CCN3CCC(NC(=O)OC(C)(C)C)CC3)c2n1. The number of carbonyl (C=O) groups excluding carboxylic acids is 1. The molecule has 0 radical (unpaired) electrons. The van der Waals surface area contributed by atoms with Crippen molar-refractivity contribution in [1.29, 1.82) is 0 Å². The number of nitrogens with zero attached hydrogens (tertiary/aromatic N) is 4.